The summed E-state index contributed by atoms with van der Waals surface area (Å²) in [4.78, 5) is 0.0478. The summed E-state index contributed by atoms with van der Waals surface area (Å²) in [6.07, 6.45) is 1.63. The van der Waals surface area contributed by atoms with Gasteiger partial charge >= 0.3 is 0 Å². The molecule has 0 spiro atoms. The van der Waals surface area contributed by atoms with Gasteiger partial charge in [-0.2, -0.15) is 5.10 Å². The molecule has 2 N–H and O–H groups in total. The van der Waals surface area contributed by atoms with Crippen molar-refractivity contribution in [2.75, 3.05) is 11.3 Å². The zero-order valence-electron chi connectivity index (χ0n) is 10.7. The molecule has 0 saturated heterocycles. The van der Waals surface area contributed by atoms with E-state index in [4.69, 9.17) is 5.11 Å². The monoisotopic (exact) mass is 291 g/mol. The van der Waals surface area contributed by atoms with Gasteiger partial charge < -0.3 is 5.11 Å². The number of benzene rings is 1. The van der Waals surface area contributed by atoms with Crippen LogP contribution in [-0.4, -0.2) is 29.9 Å². The largest absolute Gasteiger partial charge is 0.384 e. The Bertz CT molecular complexity index is 769. The quantitative estimate of drug-likeness (QED) is 0.810. The summed E-state index contributed by atoms with van der Waals surface area (Å²) in [5.41, 5.74) is 0.324. The van der Waals surface area contributed by atoms with Crippen LogP contribution in [0.3, 0.4) is 0 Å². The van der Waals surface area contributed by atoms with Gasteiger partial charge in [0.05, 0.1) is 0 Å². The third-order valence-electron chi connectivity index (χ3n) is 2.43. The van der Waals surface area contributed by atoms with Crippen LogP contribution in [0, 0.1) is 11.8 Å². The molecule has 0 bridgehead atoms. The lowest BCUT2D eigenvalue weighted by Gasteiger charge is -2.07. The van der Waals surface area contributed by atoms with Crippen LogP contribution in [0.5, 0.6) is 0 Å². The second kappa shape index (κ2) is 5.77. The lowest BCUT2D eigenvalue weighted by molar-refractivity contribution is 0.350. The average molecular weight is 291 g/mol. The summed E-state index contributed by atoms with van der Waals surface area (Å²) in [7, 11) is -2.08. The van der Waals surface area contributed by atoms with Crippen molar-refractivity contribution < 1.29 is 13.5 Å². The minimum atomic E-state index is -3.77. The number of nitrogens with one attached hydrogen (secondary N) is 1. The van der Waals surface area contributed by atoms with Gasteiger partial charge in [0.1, 0.15) is 11.5 Å². The molecule has 2 rings (SSSR count). The molecule has 0 radical (unpaired) electrons. The SMILES string of the molecule is Cn1ccc(NS(=O)(=O)c2ccccc2C#CCO)n1. The fourth-order valence-electron chi connectivity index (χ4n) is 1.60. The average Bonchev–Trinajstić information content (AvgIpc) is 2.81. The van der Waals surface area contributed by atoms with Crippen LogP contribution in [-0.2, 0) is 17.1 Å². The standard InChI is InChI=1S/C13H13N3O3S/c1-16-9-8-13(14-16)15-20(18,19)12-7-3-2-5-11(12)6-4-10-17/h2-3,5,7-9,17H,10H2,1H3,(H,14,15). The minimum absolute atomic E-state index is 0.0478. The second-order valence-corrected chi connectivity index (χ2v) is 5.59. The lowest BCUT2D eigenvalue weighted by Crippen LogP contribution is -2.15. The normalized spacial score (nSPS) is 10.7. The van der Waals surface area contributed by atoms with Gasteiger partial charge in [-0.25, -0.2) is 8.42 Å². The van der Waals surface area contributed by atoms with Gasteiger partial charge in [-0.3, -0.25) is 9.40 Å². The molecule has 6 nitrogen and oxygen atoms in total. The van der Waals surface area contributed by atoms with Crippen molar-refractivity contribution in [2.24, 2.45) is 7.05 Å². The third-order valence-corrected chi connectivity index (χ3v) is 3.84. The Morgan fingerprint density at radius 1 is 1.35 bits per heavy atom. The van der Waals surface area contributed by atoms with E-state index in [-0.39, 0.29) is 17.3 Å². The van der Waals surface area contributed by atoms with E-state index in [9.17, 15) is 8.42 Å². The second-order valence-electron chi connectivity index (χ2n) is 3.94. The molecule has 7 heteroatoms. The zero-order valence-corrected chi connectivity index (χ0v) is 11.6. The number of aliphatic hydroxyl groups is 1. The molecule has 0 aliphatic rings. The molecule has 1 aromatic heterocycles. The Hall–Kier alpha value is -2.30. The summed E-state index contributed by atoms with van der Waals surface area (Å²) in [6, 6.07) is 7.88. The molecule has 0 fully saturated rings. The molecule has 104 valence electrons. The van der Waals surface area contributed by atoms with E-state index < -0.39 is 10.0 Å². The van der Waals surface area contributed by atoms with Crippen molar-refractivity contribution >= 4 is 15.8 Å². The van der Waals surface area contributed by atoms with E-state index in [0.717, 1.165) is 0 Å². The number of hydrogen-bond donors (Lipinski definition) is 2. The number of rotatable bonds is 3. The van der Waals surface area contributed by atoms with Crippen LogP contribution in [0.4, 0.5) is 5.82 Å². The Morgan fingerprint density at radius 2 is 2.10 bits per heavy atom. The van der Waals surface area contributed by atoms with Gasteiger partial charge in [0.15, 0.2) is 5.82 Å². The van der Waals surface area contributed by atoms with E-state index in [1.807, 2.05) is 0 Å². The van der Waals surface area contributed by atoms with Gasteiger partial charge in [-0.05, 0) is 12.1 Å². The number of aliphatic hydroxyl groups excluding tert-OH is 1. The predicted molar refractivity (Wildman–Crippen MR) is 74.4 cm³/mol. The molecule has 1 aromatic carbocycles. The molecule has 20 heavy (non-hydrogen) atoms. The smallest absolute Gasteiger partial charge is 0.264 e. The van der Waals surface area contributed by atoms with Crippen molar-refractivity contribution in [1.82, 2.24) is 9.78 Å². The summed E-state index contributed by atoms with van der Waals surface area (Å²) in [6.45, 7) is -0.331. The summed E-state index contributed by atoms with van der Waals surface area (Å²) in [5, 5.41) is 12.7. The third kappa shape index (κ3) is 3.17. The Morgan fingerprint density at radius 3 is 2.75 bits per heavy atom. The van der Waals surface area contributed by atoms with Crippen molar-refractivity contribution in [2.45, 2.75) is 4.90 Å². The maximum Gasteiger partial charge on any atom is 0.264 e. The summed E-state index contributed by atoms with van der Waals surface area (Å²) >= 11 is 0. The van der Waals surface area contributed by atoms with Crippen LogP contribution in [0.15, 0.2) is 41.4 Å². The highest BCUT2D eigenvalue weighted by Crippen LogP contribution is 2.17. The molecule has 0 amide bonds. The zero-order chi connectivity index (χ0) is 14.6. The van der Waals surface area contributed by atoms with Gasteiger partial charge in [0.2, 0.25) is 0 Å². The maximum absolute atomic E-state index is 12.3. The van der Waals surface area contributed by atoms with E-state index in [1.54, 1.807) is 37.5 Å². The predicted octanol–water partition coefficient (Wildman–Crippen LogP) is 0.565. The molecular formula is C13H13N3O3S. The van der Waals surface area contributed by atoms with Gasteiger partial charge in [0.25, 0.3) is 10.0 Å². The van der Waals surface area contributed by atoms with Gasteiger partial charge in [-0.15, -0.1) is 0 Å². The first-order chi connectivity index (χ1) is 9.53. The van der Waals surface area contributed by atoms with E-state index in [0.29, 0.717) is 5.56 Å². The van der Waals surface area contributed by atoms with E-state index in [2.05, 4.69) is 21.7 Å². The first-order valence-corrected chi connectivity index (χ1v) is 7.22. The Kier molecular flexibility index (Phi) is 4.08. The van der Waals surface area contributed by atoms with E-state index in [1.165, 1.54) is 10.7 Å². The van der Waals surface area contributed by atoms with Crippen molar-refractivity contribution in [3.05, 3.63) is 42.1 Å². The van der Waals surface area contributed by atoms with Crippen LogP contribution in [0.1, 0.15) is 5.56 Å². The molecule has 0 aliphatic heterocycles. The first kappa shape index (κ1) is 14.1. The van der Waals surface area contributed by atoms with Gasteiger partial charge in [0, 0.05) is 24.9 Å². The summed E-state index contributed by atoms with van der Waals surface area (Å²) < 4.78 is 28.5. The van der Waals surface area contributed by atoms with Gasteiger partial charge in [-0.1, -0.05) is 24.0 Å². The van der Waals surface area contributed by atoms with Crippen LogP contribution < -0.4 is 4.72 Å². The number of anilines is 1. The van der Waals surface area contributed by atoms with Crippen molar-refractivity contribution in [3.8, 4) is 11.8 Å². The fourth-order valence-corrected chi connectivity index (χ4v) is 2.76. The molecule has 0 saturated carbocycles. The van der Waals surface area contributed by atoms with Crippen LogP contribution in [0.2, 0.25) is 0 Å². The van der Waals surface area contributed by atoms with E-state index >= 15 is 0 Å². The number of aromatic nitrogens is 2. The molecular weight excluding hydrogens is 278 g/mol. The van der Waals surface area contributed by atoms with Crippen LogP contribution in [0.25, 0.3) is 0 Å². The number of aryl methyl sites for hydroxylation is 1. The topological polar surface area (TPSA) is 84.2 Å². The molecule has 1 heterocycles. The number of nitrogens with zero attached hydrogens (tertiary/aromatic N) is 2. The van der Waals surface area contributed by atoms with Crippen LogP contribution >= 0.6 is 0 Å². The maximum atomic E-state index is 12.3. The first-order valence-electron chi connectivity index (χ1n) is 5.74. The number of sulfonamides is 1. The fraction of sp³-hybridized carbons (Fsp3) is 0.154. The van der Waals surface area contributed by atoms with Crippen molar-refractivity contribution in [3.63, 3.8) is 0 Å². The molecule has 0 atom stereocenters. The molecule has 2 aromatic rings. The van der Waals surface area contributed by atoms with Crippen molar-refractivity contribution in [1.29, 1.82) is 0 Å². The highest BCUT2D eigenvalue weighted by Gasteiger charge is 2.18. The summed E-state index contributed by atoms with van der Waals surface area (Å²) in [5.74, 6) is 5.29. The number of hydrogen-bond acceptors (Lipinski definition) is 4. The Balaban J connectivity index is 2.39. The Labute approximate surface area is 117 Å². The molecule has 0 unspecified atom stereocenters. The lowest BCUT2D eigenvalue weighted by atomic mass is 10.2. The minimum Gasteiger partial charge on any atom is -0.384 e. The molecule has 0 aliphatic carbocycles. The highest BCUT2D eigenvalue weighted by atomic mass is 32.2. The highest BCUT2D eigenvalue weighted by molar-refractivity contribution is 7.92.